The first-order valence-corrected chi connectivity index (χ1v) is 9.08. The predicted octanol–water partition coefficient (Wildman–Crippen LogP) is -0.898. The fourth-order valence-corrected chi connectivity index (χ4v) is 3.42. The van der Waals surface area contributed by atoms with Crippen LogP contribution in [0.3, 0.4) is 0 Å². The number of nitrogens with one attached hydrogen (secondary N) is 1. The van der Waals surface area contributed by atoms with Gasteiger partial charge in [0.2, 0.25) is 0 Å². The maximum atomic E-state index is 13.3. The van der Waals surface area contributed by atoms with Gasteiger partial charge in [0, 0.05) is 58.1 Å². The molecule has 0 spiro atoms. The van der Waals surface area contributed by atoms with Gasteiger partial charge in [-0.05, 0) is 26.6 Å². The van der Waals surface area contributed by atoms with Crippen LogP contribution in [-0.2, 0) is 14.4 Å². The van der Waals surface area contributed by atoms with E-state index in [4.69, 9.17) is 4.84 Å². The highest BCUT2D eigenvalue weighted by molar-refractivity contribution is 6.11. The Morgan fingerprint density at radius 3 is 1.76 bits per heavy atom. The van der Waals surface area contributed by atoms with Crippen molar-refractivity contribution in [2.75, 3.05) is 66.5 Å². The van der Waals surface area contributed by atoms with Gasteiger partial charge in [0.05, 0.1) is 0 Å². The predicted molar refractivity (Wildman–Crippen MR) is 93.5 cm³/mol. The molecule has 0 radical (unpaired) electrons. The molecule has 0 atom stereocenters. The average molecular weight is 351 g/mol. The molecule has 0 aromatic carbocycles. The van der Waals surface area contributed by atoms with Gasteiger partial charge in [-0.1, -0.05) is 6.92 Å². The monoisotopic (exact) mass is 351 g/mol. The normalized spacial score (nSPS) is 24.8. The number of piperazine rings is 2. The average Bonchev–Trinajstić information content (AvgIpc) is 3.07. The zero-order chi connectivity index (χ0) is 18.0. The van der Waals surface area contributed by atoms with Crippen molar-refractivity contribution in [1.29, 1.82) is 0 Å². The van der Waals surface area contributed by atoms with Gasteiger partial charge >= 0.3 is 0 Å². The number of carbonyl (C=O) groups is 2. The molecule has 0 aromatic rings. The van der Waals surface area contributed by atoms with Crippen LogP contribution in [0.2, 0.25) is 0 Å². The Morgan fingerprint density at radius 2 is 1.40 bits per heavy atom. The molecule has 3 aliphatic heterocycles. The summed E-state index contributed by atoms with van der Waals surface area (Å²) in [5.74, 6) is -0.499. The highest BCUT2D eigenvalue weighted by Crippen LogP contribution is 2.28. The van der Waals surface area contributed by atoms with Gasteiger partial charge in [0.15, 0.2) is 0 Å². The minimum atomic E-state index is -1.56. The van der Waals surface area contributed by atoms with Crippen LogP contribution >= 0.6 is 0 Å². The summed E-state index contributed by atoms with van der Waals surface area (Å²) >= 11 is 0. The Labute approximate surface area is 149 Å². The summed E-state index contributed by atoms with van der Waals surface area (Å²) in [5, 5.41) is 0. The Morgan fingerprint density at radius 1 is 0.960 bits per heavy atom. The lowest BCUT2D eigenvalue weighted by Gasteiger charge is -2.40. The van der Waals surface area contributed by atoms with Crippen LogP contribution < -0.4 is 5.48 Å². The summed E-state index contributed by atoms with van der Waals surface area (Å²) in [6, 6.07) is 0. The Hall–Kier alpha value is -1.64. The highest BCUT2D eigenvalue weighted by Gasteiger charge is 2.54. The number of nitrogens with zero attached hydrogens (tertiary/aromatic N) is 4. The van der Waals surface area contributed by atoms with Crippen molar-refractivity contribution in [1.82, 2.24) is 25.1 Å². The maximum absolute atomic E-state index is 13.3. The van der Waals surface area contributed by atoms with Crippen LogP contribution in [0.25, 0.3) is 0 Å². The molecule has 3 heterocycles. The minimum absolute atomic E-state index is 0.250. The molecule has 0 bridgehead atoms. The number of hydroxylamine groups is 1. The summed E-state index contributed by atoms with van der Waals surface area (Å²) in [6.07, 6.45) is 2.38. The first-order valence-electron chi connectivity index (χ1n) is 9.08. The Kier molecular flexibility index (Phi) is 5.31. The fraction of sp³-hybridized carbons (Fsp3) is 0.765. The van der Waals surface area contributed by atoms with E-state index in [1.54, 1.807) is 15.9 Å². The van der Waals surface area contributed by atoms with Gasteiger partial charge in [0.1, 0.15) is 0 Å². The standard InChI is InChI=1S/C17H29N5O3/c1-4-14-13-17(25-18-14,15(23)21-9-5-19(2)6-10-21)16(24)22-11-7-20(3)8-12-22/h13,18H,4-12H2,1-3H3. The van der Waals surface area contributed by atoms with Crippen molar-refractivity contribution < 1.29 is 14.4 Å². The molecular weight excluding hydrogens is 322 g/mol. The summed E-state index contributed by atoms with van der Waals surface area (Å²) in [5.41, 5.74) is 2.02. The zero-order valence-electron chi connectivity index (χ0n) is 15.5. The van der Waals surface area contributed by atoms with E-state index in [0.29, 0.717) is 32.6 Å². The van der Waals surface area contributed by atoms with E-state index >= 15 is 0 Å². The van der Waals surface area contributed by atoms with E-state index in [2.05, 4.69) is 15.3 Å². The second kappa shape index (κ2) is 7.31. The van der Waals surface area contributed by atoms with Crippen molar-refractivity contribution in [2.24, 2.45) is 0 Å². The molecule has 3 rings (SSSR count). The van der Waals surface area contributed by atoms with Crippen LogP contribution in [0.4, 0.5) is 0 Å². The molecule has 2 fully saturated rings. The van der Waals surface area contributed by atoms with Crippen LogP contribution in [0, 0.1) is 0 Å². The van der Waals surface area contributed by atoms with Gasteiger partial charge in [-0.25, -0.2) is 4.84 Å². The topological polar surface area (TPSA) is 68.4 Å². The Bertz CT molecular complexity index is 514. The van der Waals surface area contributed by atoms with Crippen molar-refractivity contribution in [3.63, 3.8) is 0 Å². The van der Waals surface area contributed by atoms with Gasteiger partial charge in [0.25, 0.3) is 17.4 Å². The van der Waals surface area contributed by atoms with E-state index in [1.807, 2.05) is 21.0 Å². The molecule has 0 saturated carbocycles. The summed E-state index contributed by atoms with van der Waals surface area (Å²) in [7, 11) is 4.07. The summed E-state index contributed by atoms with van der Waals surface area (Å²) < 4.78 is 0. The third-order valence-corrected chi connectivity index (χ3v) is 5.32. The van der Waals surface area contributed by atoms with Gasteiger partial charge in [-0.15, -0.1) is 0 Å². The van der Waals surface area contributed by atoms with Gasteiger partial charge < -0.3 is 19.6 Å². The fourth-order valence-electron chi connectivity index (χ4n) is 3.42. The largest absolute Gasteiger partial charge is 0.337 e. The number of rotatable bonds is 3. The summed E-state index contributed by atoms with van der Waals surface area (Å²) in [6.45, 7) is 7.67. The number of hydrogen-bond donors (Lipinski definition) is 1. The van der Waals surface area contributed by atoms with Crippen molar-refractivity contribution in [3.05, 3.63) is 11.8 Å². The van der Waals surface area contributed by atoms with E-state index in [-0.39, 0.29) is 11.8 Å². The lowest BCUT2D eigenvalue weighted by atomic mass is 9.97. The molecule has 140 valence electrons. The molecule has 2 saturated heterocycles. The molecule has 25 heavy (non-hydrogen) atoms. The molecule has 8 heteroatoms. The molecular formula is C17H29N5O3. The number of amides is 2. The molecule has 3 aliphatic rings. The quantitative estimate of drug-likeness (QED) is 0.665. The van der Waals surface area contributed by atoms with Crippen LogP contribution in [0.15, 0.2) is 11.8 Å². The third-order valence-electron chi connectivity index (χ3n) is 5.32. The second-order valence-electron chi connectivity index (χ2n) is 7.15. The third kappa shape index (κ3) is 3.51. The molecule has 2 amide bonds. The van der Waals surface area contributed by atoms with Crippen molar-refractivity contribution in [2.45, 2.75) is 18.9 Å². The summed E-state index contributed by atoms with van der Waals surface area (Å²) in [4.78, 5) is 40.1. The zero-order valence-corrected chi connectivity index (χ0v) is 15.5. The lowest BCUT2D eigenvalue weighted by Crippen LogP contribution is -2.63. The van der Waals surface area contributed by atoms with E-state index in [9.17, 15) is 9.59 Å². The highest BCUT2D eigenvalue weighted by atomic mass is 16.7. The molecule has 0 aliphatic carbocycles. The first kappa shape index (κ1) is 18.2. The number of allylic oxidation sites excluding steroid dienone is 1. The van der Waals surface area contributed by atoms with E-state index < -0.39 is 5.60 Å². The van der Waals surface area contributed by atoms with E-state index in [1.165, 1.54) is 0 Å². The van der Waals surface area contributed by atoms with Crippen molar-refractivity contribution >= 4 is 11.8 Å². The maximum Gasteiger partial charge on any atom is 0.271 e. The van der Waals surface area contributed by atoms with Gasteiger partial charge in [-0.3, -0.25) is 15.1 Å². The van der Waals surface area contributed by atoms with Crippen molar-refractivity contribution in [3.8, 4) is 0 Å². The number of hydrogen-bond acceptors (Lipinski definition) is 6. The number of likely N-dealkylation sites (N-methyl/N-ethyl adjacent to an activating group) is 2. The van der Waals surface area contributed by atoms with Crippen LogP contribution in [0.1, 0.15) is 13.3 Å². The van der Waals surface area contributed by atoms with Gasteiger partial charge in [-0.2, -0.15) is 0 Å². The Balaban J connectivity index is 1.82. The molecule has 8 nitrogen and oxygen atoms in total. The first-order chi connectivity index (χ1) is 12.0. The minimum Gasteiger partial charge on any atom is -0.337 e. The van der Waals surface area contributed by atoms with Crippen LogP contribution in [0.5, 0.6) is 0 Å². The second-order valence-corrected chi connectivity index (χ2v) is 7.15. The van der Waals surface area contributed by atoms with E-state index in [0.717, 1.165) is 31.9 Å². The number of carbonyl (C=O) groups excluding carboxylic acids is 2. The SMILES string of the molecule is CCC1=CC(C(=O)N2CCN(C)CC2)(C(=O)N2CCN(C)CC2)ON1. The van der Waals surface area contributed by atoms with Crippen LogP contribution in [-0.4, -0.2) is 103 Å². The molecule has 1 N–H and O–H groups in total. The molecule has 0 aromatic heterocycles. The molecule has 0 unspecified atom stereocenters. The lowest BCUT2D eigenvalue weighted by molar-refractivity contribution is -0.173. The smallest absolute Gasteiger partial charge is 0.271 e.